The summed E-state index contributed by atoms with van der Waals surface area (Å²) in [6.45, 7) is 1.45. The van der Waals surface area contributed by atoms with Gasteiger partial charge in [-0.1, -0.05) is 0 Å². The molecule has 0 bridgehead atoms. The number of aromatic nitrogens is 2. The van der Waals surface area contributed by atoms with Gasteiger partial charge in [-0.3, -0.25) is 0 Å². The second-order valence-corrected chi connectivity index (χ2v) is 4.47. The number of aryl methyl sites for hydroxylation is 1. The fraction of sp³-hybridized carbons (Fsp3) is 0.417. The molecule has 0 unspecified atom stereocenters. The molecule has 0 amide bonds. The monoisotopic (exact) mass is 222 g/mol. The Kier molecular flexibility index (Phi) is 1.85. The standard InChI is InChI=1S/C12H12F2N2/c1-6-8(13)5-9-11(10(6)14)16(2)12(15-9)7-3-4-7/h5,7H,3-4H2,1-2H3. The molecule has 0 saturated heterocycles. The van der Waals surface area contributed by atoms with Crippen LogP contribution in [0.25, 0.3) is 11.0 Å². The average molecular weight is 222 g/mol. The fourth-order valence-corrected chi connectivity index (χ4v) is 2.12. The Bertz CT molecular complexity index is 582. The normalized spacial score (nSPS) is 16.0. The zero-order chi connectivity index (χ0) is 11.4. The van der Waals surface area contributed by atoms with E-state index in [2.05, 4.69) is 4.98 Å². The lowest BCUT2D eigenvalue weighted by atomic mass is 10.2. The molecule has 1 fully saturated rings. The van der Waals surface area contributed by atoms with Crippen LogP contribution in [0, 0.1) is 18.6 Å². The first-order valence-corrected chi connectivity index (χ1v) is 5.40. The van der Waals surface area contributed by atoms with Gasteiger partial charge >= 0.3 is 0 Å². The molecule has 3 rings (SSSR count). The lowest BCUT2D eigenvalue weighted by Crippen LogP contribution is -1.98. The van der Waals surface area contributed by atoms with Gasteiger partial charge in [0, 0.05) is 24.6 Å². The zero-order valence-electron chi connectivity index (χ0n) is 9.22. The van der Waals surface area contributed by atoms with Crippen LogP contribution in [0.2, 0.25) is 0 Å². The first kappa shape index (κ1) is 9.75. The van der Waals surface area contributed by atoms with Crippen LogP contribution < -0.4 is 0 Å². The summed E-state index contributed by atoms with van der Waals surface area (Å²) in [4.78, 5) is 4.32. The molecule has 1 aliphatic rings. The number of fused-ring (bicyclic) bond motifs is 1. The maximum Gasteiger partial charge on any atom is 0.154 e. The van der Waals surface area contributed by atoms with E-state index in [9.17, 15) is 8.78 Å². The summed E-state index contributed by atoms with van der Waals surface area (Å²) in [6, 6.07) is 1.32. The molecule has 1 aromatic heterocycles. The van der Waals surface area contributed by atoms with Crippen LogP contribution in [0.5, 0.6) is 0 Å². The Morgan fingerprint density at radius 1 is 1.38 bits per heavy atom. The summed E-state index contributed by atoms with van der Waals surface area (Å²) in [5.41, 5.74) is 0.906. The molecule has 4 heteroatoms. The summed E-state index contributed by atoms with van der Waals surface area (Å²) < 4.78 is 29.1. The minimum absolute atomic E-state index is 0.0675. The molecule has 2 aromatic rings. The van der Waals surface area contributed by atoms with Crippen LogP contribution >= 0.6 is 0 Å². The Balaban J connectivity index is 2.37. The van der Waals surface area contributed by atoms with Gasteiger partial charge in [-0.05, 0) is 19.8 Å². The van der Waals surface area contributed by atoms with E-state index < -0.39 is 11.6 Å². The number of nitrogens with zero attached hydrogens (tertiary/aromatic N) is 2. The molecule has 1 aromatic carbocycles. The van der Waals surface area contributed by atoms with Crippen LogP contribution in [0.1, 0.15) is 30.1 Å². The van der Waals surface area contributed by atoms with Crippen molar-refractivity contribution >= 4 is 11.0 Å². The second-order valence-electron chi connectivity index (χ2n) is 4.47. The lowest BCUT2D eigenvalue weighted by molar-refractivity contribution is 0.573. The molecule has 0 aliphatic heterocycles. The van der Waals surface area contributed by atoms with Gasteiger partial charge in [-0.2, -0.15) is 0 Å². The van der Waals surface area contributed by atoms with Gasteiger partial charge < -0.3 is 4.57 Å². The smallest absolute Gasteiger partial charge is 0.154 e. The van der Waals surface area contributed by atoms with E-state index in [0.29, 0.717) is 17.0 Å². The van der Waals surface area contributed by atoms with Gasteiger partial charge in [0.2, 0.25) is 0 Å². The quantitative estimate of drug-likeness (QED) is 0.725. The minimum atomic E-state index is -0.523. The maximum absolute atomic E-state index is 13.9. The van der Waals surface area contributed by atoms with E-state index in [1.165, 1.54) is 13.0 Å². The van der Waals surface area contributed by atoms with Crippen LogP contribution in [-0.2, 0) is 7.05 Å². The number of hydrogen-bond acceptors (Lipinski definition) is 1. The number of imidazole rings is 1. The van der Waals surface area contributed by atoms with Gasteiger partial charge in [0.15, 0.2) is 5.82 Å². The van der Waals surface area contributed by atoms with Crippen molar-refractivity contribution in [1.82, 2.24) is 9.55 Å². The number of halogens is 2. The minimum Gasteiger partial charge on any atom is -0.328 e. The first-order valence-electron chi connectivity index (χ1n) is 5.40. The number of rotatable bonds is 1. The van der Waals surface area contributed by atoms with Gasteiger partial charge in [0.05, 0.1) is 5.52 Å². The summed E-state index contributed by atoms with van der Waals surface area (Å²) in [7, 11) is 1.80. The van der Waals surface area contributed by atoms with Crippen LogP contribution in [0.4, 0.5) is 8.78 Å². The highest BCUT2D eigenvalue weighted by molar-refractivity contribution is 5.78. The highest BCUT2D eigenvalue weighted by Gasteiger charge is 2.29. The fourth-order valence-electron chi connectivity index (χ4n) is 2.12. The van der Waals surface area contributed by atoms with Crippen molar-refractivity contribution in [2.45, 2.75) is 25.7 Å². The molecule has 1 aliphatic carbocycles. The highest BCUT2D eigenvalue weighted by Crippen LogP contribution is 2.40. The van der Waals surface area contributed by atoms with Gasteiger partial charge in [0.1, 0.15) is 17.2 Å². The van der Waals surface area contributed by atoms with Crippen LogP contribution in [0.3, 0.4) is 0 Å². The maximum atomic E-state index is 13.9. The molecule has 0 spiro atoms. The van der Waals surface area contributed by atoms with Crippen molar-refractivity contribution in [1.29, 1.82) is 0 Å². The van der Waals surface area contributed by atoms with E-state index in [4.69, 9.17) is 0 Å². The van der Waals surface area contributed by atoms with Crippen molar-refractivity contribution in [3.05, 3.63) is 29.1 Å². The van der Waals surface area contributed by atoms with E-state index >= 15 is 0 Å². The molecular formula is C12H12F2N2. The first-order chi connectivity index (χ1) is 7.59. The Hall–Kier alpha value is -1.45. The predicted octanol–water partition coefficient (Wildman–Crippen LogP) is 3.04. The van der Waals surface area contributed by atoms with Crippen LogP contribution in [-0.4, -0.2) is 9.55 Å². The molecule has 0 N–H and O–H groups in total. The summed E-state index contributed by atoms with van der Waals surface area (Å²) in [5.74, 6) is 0.293. The Morgan fingerprint density at radius 3 is 2.69 bits per heavy atom. The van der Waals surface area contributed by atoms with E-state index in [0.717, 1.165) is 18.7 Å². The Morgan fingerprint density at radius 2 is 2.06 bits per heavy atom. The molecule has 16 heavy (non-hydrogen) atoms. The highest BCUT2D eigenvalue weighted by atomic mass is 19.1. The third kappa shape index (κ3) is 1.19. The largest absolute Gasteiger partial charge is 0.328 e. The molecular weight excluding hydrogens is 210 g/mol. The topological polar surface area (TPSA) is 17.8 Å². The van der Waals surface area contributed by atoms with E-state index in [1.807, 2.05) is 0 Å². The number of hydrogen-bond donors (Lipinski definition) is 0. The molecule has 1 heterocycles. The van der Waals surface area contributed by atoms with E-state index in [1.54, 1.807) is 11.6 Å². The van der Waals surface area contributed by atoms with Crippen molar-refractivity contribution in [3.63, 3.8) is 0 Å². The van der Waals surface area contributed by atoms with E-state index in [-0.39, 0.29) is 5.56 Å². The summed E-state index contributed by atoms with van der Waals surface area (Å²) in [6.07, 6.45) is 2.19. The third-order valence-electron chi connectivity index (χ3n) is 3.26. The molecule has 84 valence electrons. The second kappa shape index (κ2) is 3.03. The van der Waals surface area contributed by atoms with Crippen molar-refractivity contribution in [3.8, 4) is 0 Å². The lowest BCUT2D eigenvalue weighted by Gasteiger charge is -2.03. The molecule has 1 saturated carbocycles. The Labute approximate surface area is 91.9 Å². The van der Waals surface area contributed by atoms with Gasteiger partial charge in [0.25, 0.3) is 0 Å². The molecule has 0 atom stereocenters. The zero-order valence-corrected chi connectivity index (χ0v) is 9.22. The van der Waals surface area contributed by atoms with Crippen LogP contribution in [0.15, 0.2) is 6.07 Å². The van der Waals surface area contributed by atoms with Crippen molar-refractivity contribution < 1.29 is 8.78 Å². The number of benzene rings is 1. The van der Waals surface area contributed by atoms with Gasteiger partial charge in [-0.25, -0.2) is 13.8 Å². The predicted molar refractivity (Wildman–Crippen MR) is 57.3 cm³/mol. The van der Waals surface area contributed by atoms with Gasteiger partial charge in [-0.15, -0.1) is 0 Å². The molecule has 0 radical (unpaired) electrons. The van der Waals surface area contributed by atoms with Crippen molar-refractivity contribution in [2.75, 3.05) is 0 Å². The third-order valence-corrected chi connectivity index (χ3v) is 3.26. The summed E-state index contributed by atoms with van der Waals surface area (Å²) in [5, 5.41) is 0. The van der Waals surface area contributed by atoms with Crippen molar-refractivity contribution in [2.24, 2.45) is 7.05 Å². The molecule has 2 nitrogen and oxygen atoms in total. The summed E-state index contributed by atoms with van der Waals surface area (Å²) >= 11 is 0. The SMILES string of the molecule is Cc1c(F)cc2nc(C3CC3)n(C)c2c1F. The average Bonchev–Trinajstić information content (AvgIpc) is 3.02.